The number of sulfonamides is 1. The Labute approximate surface area is 139 Å². The van der Waals surface area contributed by atoms with E-state index in [1.54, 1.807) is 12.1 Å². The van der Waals surface area contributed by atoms with Crippen LogP contribution in [0.5, 0.6) is 5.75 Å². The first-order valence-electron chi connectivity index (χ1n) is 7.03. The molecule has 0 saturated carbocycles. The highest BCUT2D eigenvalue weighted by molar-refractivity contribution is 7.89. The molecular weight excluding hydrogens is 332 g/mol. The molecule has 0 fully saturated rings. The van der Waals surface area contributed by atoms with Crippen LogP contribution in [0.3, 0.4) is 0 Å². The van der Waals surface area contributed by atoms with E-state index in [-0.39, 0.29) is 10.5 Å². The Morgan fingerprint density at radius 1 is 1.17 bits per heavy atom. The Hall–Kier alpha value is -2.87. The van der Waals surface area contributed by atoms with E-state index in [4.69, 9.17) is 9.84 Å². The maximum Gasteiger partial charge on any atom is 0.335 e. The molecule has 0 aromatic heterocycles. The second kappa shape index (κ2) is 7.60. The van der Waals surface area contributed by atoms with Gasteiger partial charge in [-0.25, -0.2) is 9.63 Å². The number of hydrogen-bond acceptors (Lipinski definition) is 5. The van der Waals surface area contributed by atoms with Crippen molar-refractivity contribution in [3.8, 4) is 5.75 Å². The SMILES string of the molecule is CCOc1ccc(S(=O)(=O)NN=Cc2ccc(C(=O)O)cc2)cc1. The summed E-state index contributed by atoms with van der Waals surface area (Å²) in [5, 5.41) is 12.5. The van der Waals surface area contributed by atoms with Crippen LogP contribution in [0.1, 0.15) is 22.8 Å². The number of carboxylic acids is 1. The van der Waals surface area contributed by atoms with Gasteiger partial charge in [0.2, 0.25) is 0 Å². The fourth-order valence-corrected chi connectivity index (χ4v) is 2.61. The third-order valence-corrected chi connectivity index (χ3v) is 4.23. The predicted octanol–water partition coefficient (Wildman–Crippen LogP) is 2.10. The average molecular weight is 348 g/mol. The second-order valence-corrected chi connectivity index (χ2v) is 6.35. The normalized spacial score (nSPS) is 11.4. The lowest BCUT2D eigenvalue weighted by atomic mass is 10.1. The lowest BCUT2D eigenvalue weighted by Crippen LogP contribution is -2.18. The summed E-state index contributed by atoms with van der Waals surface area (Å²) in [5.41, 5.74) is 0.705. The van der Waals surface area contributed by atoms with Crippen LogP contribution < -0.4 is 9.57 Å². The largest absolute Gasteiger partial charge is 0.494 e. The zero-order valence-corrected chi connectivity index (χ0v) is 13.7. The lowest BCUT2D eigenvalue weighted by molar-refractivity contribution is 0.0697. The minimum Gasteiger partial charge on any atom is -0.494 e. The van der Waals surface area contributed by atoms with Gasteiger partial charge in [-0.2, -0.15) is 13.5 Å². The molecule has 7 nitrogen and oxygen atoms in total. The molecule has 126 valence electrons. The van der Waals surface area contributed by atoms with E-state index < -0.39 is 16.0 Å². The van der Waals surface area contributed by atoms with Gasteiger partial charge in [-0.3, -0.25) is 0 Å². The smallest absolute Gasteiger partial charge is 0.335 e. The quantitative estimate of drug-likeness (QED) is 0.589. The summed E-state index contributed by atoms with van der Waals surface area (Å²) in [6.07, 6.45) is 1.29. The number of hydrogen-bond donors (Lipinski definition) is 2. The molecule has 8 heteroatoms. The van der Waals surface area contributed by atoms with Crippen molar-refractivity contribution in [1.29, 1.82) is 0 Å². The number of carboxylic acid groups (broad SMARTS) is 1. The van der Waals surface area contributed by atoms with E-state index in [9.17, 15) is 13.2 Å². The topological polar surface area (TPSA) is 105 Å². The second-order valence-electron chi connectivity index (χ2n) is 4.68. The molecule has 0 aliphatic heterocycles. The summed E-state index contributed by atoms with van der Waals surface area (Å²) >= 11 is 0. The van der Waals surface area contributed by atoms with Crippen molar-refractivity contribution in [2.24, 2.45) is 5.10 Å². The molecule has 2 aromatic carbocycles. The summed E-state index contributed by atoms with van der Waals surface area (Å²) in [6, 6.07) is 11.8. The molecule has 0 aliphatic rings. The average Bonchev–Trinajstić information content (AvgIpc) is 2.56. The first-order chi connectivity index (χ1) is 11.4. The third kappa shape index (κ3) is 4.56. The molecule has 24 heavy (non-hydrogen) atoms. The number of carbonyl (C=O) groups is 1. The number of ether oxygens (including phenoxy) is 1. The number of benzene rings is 2. The maximum atomic E-state index is 12.1. The van der Waals surface area contributed by atoms with Crippen molar-refractivity contribution >= 4 is 22.2 Å². The number of nitrogens with one attached hydrogen (secondary N) is 1. The molecule has 0 saturated heterocycles. The van der Waals surface area contributed by atoms with Gasteiger partial charge in [0.15, 0.2) is 0 Å². The molecule has 0 aliphatic carbocycles. The van der Waals surface area contributed by atoms with Gasteiger partial charge >= 0.3 is 5.97 Å². The highest BCUT2D eigenvalue weighted by Crippen LogP contribution is 2.15. The maximum absolute atomic E-state index is 12.1. The van der Waals surface area contributed by atoms with Gasteiger partial charge in [-0.15, -0.1) is 0 Å². The summed E-state index contributed by atoms with van der Waals surface area (Å²) in [4.78, 5) is 12.9. The molecule has 0 amide bonds. The lowest BCUT2D eigenvalue weighted by Gasteiger charge is -2.05. The number of nitrogens with zero attached hydrogens (tertiary/aromatic N) is 1. The minimum atomic E-state index is -3.78. The van der Waals surface area contributed by atoms with Gasteiger partial charge in [0.25, 0.3) is 10.0 Å². The Balaban J connectivity index is 2.04. The highest BCUT2D eigenvalue weighted by atomic mass is 32.2. The predicted molar refractivity (Wildman–Crippen MR) is 88.9 cm³/mol. The molecule has 0 spiro atoms. The number of aromatic carboxylic acids is 1. The van der Waals surface area contributed by atoms with Crippen molar-refractivity contribution in [2.75, 3.05) is 6.61 Å². The fraction of sp³-hybridized carbons (Fsp3) is 0.125. The molecule has 0 atom stereocenters. The van der Waals surface area contributed by atoms with Crippen molar-refractivity contribution in [3.63, 3.8) is 0 Å². The van der Waals surface area contributed by atoms with Crippen LogP contribution in [0.25, 0.3) is 0 Å². The molecular formula is C16H16N2O5S. The zero-order chi connectivity index (χ0) is 17.6. The van der Waals surface area contributed by atoms with E-state index in [1.165, 1.54) is 42.6 Å². The first kappa shape index (κ1) is 17.5. The summed E-state index contributed by atoms with van der Waals surface area (Å²) in [7, 11) is -3.78. The van der Waals surface area contributed by atoms with E-state index >= 15 is 0 Å². The summed E-state index contributed by atoms with van der Waals surface area (Å²) in [5.74, 6) is -0.451. The van der Waals surface area contributed by atoms with Crippen LogP contribution in [0.2, 0.25) is 0 Å². The van der Waals surface area contributed by atoms with Gasteiger partial charge in [-0.1, -0.05) is 12.1 Å². The fourth-order valence-electron chi connectivity index (χ4n) is 1.82. The third-order valence-electron chi connectivity index (χ3n) is 2.99. The first-order valence-corrected chi connectivity index (χ1v) is 8.52. The highest BCUT2D eigenvalue weighted by Gasteiger charge is 2.12. The summed E-state index contributed by atoms with van der Waals surface area (Å²) in [6.45, 7) is 2.33. The van der Waals surface area contributed by atoms with E-state index in [0.29, 0.717) is 17.9 Å². The molecule has 2 aromatic rings. The summed E-state index contributed by atoms with van der Waals surface area (Å²) < 4.78 is 29.4. The van der Waals surface area contributed by atoms with Gasteiger partial charge in [0, 0.05) is 0 Å². The van der Waals surface area contributed by atoms with Gasteiger partial charge in [0.05, 0.1) is 23.3 Å². The Kier molecular flexibility index (Phi) is 5.54. The van der Waals surface area contributed by atoms with Crippen LogP contribution >= 0.6 is 0 Å². The van der Waals surface area contributed by atoms with Crippen molar-refractivity contribution in [2.45, 2.75) is 11.8 Å². The molecule has 0 heterocycles. The van der Waals surface area contributed by atoms with Crippen molar-refractivity contribution < 1.29 is 23.1 Å². The van der Waals surface area contributed by atoms with Crippen LogP contribution in [0.15, 0.2) is 58.5 Å². The van der Waals surface area contributed by atoms with Crippen LogP contribution in [-0.4, -0.2) is 32.3 Å². The van der Waals surface area contributed by atoms with E-state index in [0.717, 1.165) is 0 Å². The molecule has 0 radical (unpaired) electrons. The Morgan fingerprint density at radius 2 is 1.79 bits per heavy atom. The number of rotatable bonds is 7. The molecule has 2 N–H and O–H groups in total. The monoisotopic (exact) mass is 348 g/mol. The molecule has 2 rings (SSSR count). The minimum absolute atomic E-state index is 0.0596. The van der Waals surface area contributed by atoms with Crippen LogP contribution in [0.4, 0.5) is 0 Å². The van der Waals surface area contributed by atoms with Crippen LogP contribution in [0, 0.1) is 0 Å². The Morgan fingerprint density at radius 3 is 2.33 bits per heavy atom. The number of hydrazone groups is 1. The van der Waals surface area contributed by atoms with Crippen LogP contribution in [-0.2, 0) is 10.0 Å². The zero-order valence-electron chi connectivity index (χ0n) is 12.8. The molecule has 0 bridgehead atoms. The van der Waals surface area contributed by atoms with E-state index in [1.807, 2.05) is 6.92 Å². The van der Waals surface area contributed by atoms with Gasteiger partial charge in [-0.05, 0) is 48.9 Å². The van der Waals surface area contributed by atoms with Crippen molar-refractivity contribution in [1.82, 2.24) is 4.83 Å². The van der Waals surface area contributed by atoms with E-state index in [2.05, 4.69) is 9.93 Å². The van der Waals surface area contributed by atoms with Gasteiger partial charge in [0.1, 0.15) is 5.75 Å². The van der Waals surface area contributed by atoms with Crippen molar-refractivity contribution in [3.05, 3.63) is 59.7 Å². The molecule has 0 unspecified atom stereocenters. The Bertz CT molecular complexity index is 828. The standard InChI is InChI=1S/C16H16N2O5S/c1-2-23-14-7-9-15(10-8-14)24(21,22)18-17-11-12-3-5-13(6-4-12)16(19)20/h3-11,18H,2H2,1H3,(H,19,20). The van der Waals surface area contributed by atoms with Gasteiger partial charge < -0.3 is 9.84 Å².